The molecule has 3 nitrogen and oxygen atoms in total. The van der Waals surface area contributed by atoms with E-state index in [-0.39, 0.29) is 11.9 Å². The Kier molecular flexibility index (Phi) is 3.21. The Morgan fingerprint density at radius 3 is 3.07 bits per heavy atom. The van der Waals surface area contributed by atoms with Gasteiger partial charge in [0.2, 0.25) is 0 Å². The Morgan fingerprint density at radius 2 is 2.47 bits per heavy atom. The lowest BCUT2D eigenvalue weighted by atomic mass is 10.2. The molecule has 1 aliphatic rings. The average molecular weight is 275 g/mol. The molecule has 1 saturated heterocycles. The van der Waals surface area contributed by atoms with Crippen molar-refractivity contribution < 1.29 is 9.13 Å². The zero-order valence-electron chi connectivity index (χ0n) is 8.41. The van der Waals surface area contributed by atoms with Crippen molar-refractivity contribution in [2.24, 2.45) is 0 Å². The molecule has 5 heteroatoms. The molecule has 1 aromatic heterocycles. The monoisotopic (exact) mass is 274 g/mol. The van der Waals surface area contributed by atoms with Gasteiger partial charge in [0.1, 0.15) is 0 Å². The number of ether oxygens (including phenoxy) is 1. The summed E-state index contributed by atoms with van der Waals surface area (Å²) >= 11 is 3.18. The fourth-order valence-electron chi connectivity index (χ4n) is 1.67. The highest BCUT2D eigenvalue weighted by Crippen LogP contribution is 2.23. The van der Waals surface area contributed by atoms with Gasteiger partial charge in [0.25, 0.3) is 0 Å². The van der Waals surface area contributed by atoms with Crippen molar-refractivity contribution in [1.29, 1.82) is 0 Å². The Balaban J connectivity index is 2.20. The van der Waals surface area contributed by atoms with Gasteiger partial charge in [-0.2, -0.15) is 0 Å². The molecular weight excluding hydrogens is 263 g/mol. The van der Waals surface area contributed by atoms with E-state index >= 15 is 0 Å². The zero-order chi connectivity index (χ0) is 10.8. The molecular formula is C10H12BrFN2O. The van der Waals surface area contributed by atoms with E-state index in [9.17, 15) is 4.39 Å². The minimum atomic E-state index is -0.307. The van der Waals surface area contributed by atoms with Gasteiger partial charge in [-0.3, -0.25) is 0 Å². The molecule has 0 amide bonds. The van der Waals surface area contributed by atoms with E-state index in [2.05, 4.69) is 20.9 Å². The summed E-state index contributed by atoms with van der Waals surface area (Å²) in [4.78, 5) is 5.91. The molecule has 82 valence electrons. The third-order valence-corrected chi connectivity index (χ3v) is 3.01. The van der Waals surface area contributed by atoms with Crippen molar-refractivity contribution in [3.8, 4) is 0 Å². The van der Waals surface area contributed by atoms with Crippen molar-refractivity contribution in [2.75, 3.05) is 25.2 Å². The van der Waals surface area contributed by atoms with Crippen molar-refractivity contribution in [1.82, 2.24) is 4.98 Å². The summed E-state index contributed by atoms with van der Waals surface area (Å²) in [5.74, 6) is 0.0764. The summed E-state index contributed by atoms with van der Waals surface area (Å²) in [6.07, 6.45) is 2.53. The Hall–Kier alpha value is -0.680. The van der Waals surface area contributed by atoms with E-state index < -0.39 is 0 Å². The average Bonchev–Trinajstić information content (AvgIpc) is 2.69. The summed E-state index contributed by atoms with van der Waals surface area (Å²) in [6, 6.07) is 1.66. The maximum atomic E-state index is 13.6. The van der Waals surface area contributed by atoms with Crippen LogP contribution in [0.15, 0.2) is 16.7 Å². The molecule has 0 spiro atoms. The second-order valence-corrected chi connectivity index (χ2v) is 4.50. The van der Waals surface area contributed by atoms with E-state index in [0.29, 0.717) is 16.9 Å². The molecule has 1 aliphatic heterocycles. The molecule has 0 aromatic carbocycles. The quantitative estimate of drug-likeness (QED) is 0.827. The predicted molar refractivity (Wildman–Crippen MR) is 59.5 cm³/mol. The number of hydrogen-bond donors (Lipinski definition) is 0. The van der Waals surface area contributed by atoms with Crippen molar-refractivity contribution in [2.45, 2.75) is 12.5 Å². The van der Waals surface area contributed by atoms with Crippen LogP contribution in [0.2, 0.25) is 0 Å². The highest BCUT2D eigenvalue weighted by atomic mass is 79.9. The summed E-state index contributed by atoms with van der Waals surface area (Å²) in [6.45, 7) is 1.39. The van der Waals surface area contributed by atoms with Crippen LogP contribution in [0.3, 0.4) is 0 Å². The molecule has 1 atom stereocenters. The van der Waals surface area contributed by atoms with Crippen molar-refractivity contribution >= 4 is 21.7 Å². The van der Waals surface area contributed by atoms with Gasteiger partial charge in [0, 0.05) is 24.3 Å². The highest BCUT2D eigenvalue weighted by Gasteiger charge is 2.23. The number of halogens is 2. The Bertz CT molecular complexity index is 355. The molecule has 1 fully saturated rings. The standard InChI is InChI=1S/C10H12BrFN2O/c1-14(8-2-3-15-6-8)10-9(12)4-7(11)5-13-10/h4-5,8H,2-3,6H2,1H3. The van der Waals surface area contributed by atoms with Crippen LogP contribution in [0.1, 0.15) is 6.42 Å². The second-order valence-electron chi connectivity index (χ2n) is 3.59. The lowest BCUT2D eigenvalue weighted by Crippen LogP contribution is -2.33. The van der Waals surface area contributed by atoms with E-state index in [1.54, 1.807) is 6.20 Å². The largest absolute Gasteiger partial charge is 0.379 e. The van der Waals surface area contributed by atoms with Gasteiger partial charge in [-0.05, 0) is 28.4 Å². The molecule has 2 rings (SSSR count). The molecule has 0 aliphatic carbocycles. The van der Waals surface area contributed by atoms with Gasteiger partial charge in [-0.15, -0.1) is 0 Å². The van der Waals surface area contributed by atoms with Gasteiger partial charge >= 0.3 is 0 Å². The highest BCUT2D eigenvalue weighted by molar-refractivity contribution is 9.10. The van der Waals surface area contributed by atoms with Crippen molar-refractivity contribution in [3.05, 3.63) is 22.6 Å². The van der Waals surface area contributed by atoms with Crippen LogP contribution in [-0.2, 0) is 4.74 Å². The van der Waals surface area contributed by atoms with Gasteiger partial charge in [-0.1, -0.05) is 0 Å². The van der Waals surface area contributed by atoms with E-state index in [1.165, 1.54) is 6.07 Å². The SMILES string of the molecule is CN(c1ncc(Br)cc1F)C1CCOC1. The maximum absolute atomic E-state index is 13.6. The number of aromatic nitrogens is 1. The molecule has 0 bridgehead atoms. The van der Waals surface area contributed by atoms with E-state index in [0.717, 1.165) is 13.0 Å². The first-order valence-corrected chi connectivity index (χ1v) is 5.59. The van der Waals surface area contributed by atoms with Crippen LogP contribution < -0.4 is 4.90 Å². The number of nitrogens with zero attached hydrogens (tertiary/aromatic N) is 2. The normalized spacial score (nSPS) is 20.6. The number of likely N-dealkylation sites (N-methyl/N-ethyl adjacent to an activating group) is 1. The molecule has 0 N–H and O–H groups in total. The van der Waals surface area contributed by atoms with Crippen LogP contribution in [-0.4, -0.2) is 31.3 Å². The third-order valence-electron chi connectivity index (χ3n) is 2.58. The van der Waals surface area contributed by atoms with Gasteiger partial charge < -0.3 is 9.64 Å². The Morgan fingerprint density at radius 1 is 1.67 bits per heavy atom. The van der Waals surface area contributed by atoms with E-state index in [4.69, 9.17) is 4.74 Å². The minimum absolute atomic E-state index is 0.230. The number of anilines is 1. The first-order chi connectivity index (χ1) is 7.18. The van der Waals surface area contributed by atoms with Crippen LogP contribution >= 0.6 is 15.9 Å². The predicted octanol–water partition coefficient (Wildman–Crippen LogP) is 2.21. The Labute approximate surface area is 96.4 Å². The molecule has 1 aromatic rings. The number of pyridine rings is 1. The number of hydrogen-bond acceptors (Lipinski definition) is 3. The second kappa shape index (κ2) is 4.45. The zero-order valence-corrected chi connectivity index (χ0v) is 10.00. The van der Waals surface area contributed by atoms with Gasteiger partial charge in [0.15, 0.2) is 11.6 Å². The summed E-state index contributed by atoms with van der Waals surface area (Å²) < 4.78 is 19.5. The minimum Gasteiger partial charge on any atom is -0.379 e. The van der Waals surface area contributed by atoms with Gasteiger partial charge in [0.05, 0.1) is 12.6 Å². The molecule has 1 unspecified atom stereocenters. The summed E-state index contributed by atoms with van der Waals surface area (Å²) in [5.41, 5.74) is 0. The summed E-state index contributed by atoms with van der Waals surface area (Å²) in [5, 5.41) is 0. The van der Waals surface area contributed by atoms with Crippen LogP contribution in [0.25, 0.3) is 0 Å². The van der Waals surface area contributed by atoms with Crippen LogP contribution in [0, 0.1) is 5.82 Å². The summed E-state index contributed by atoms with van der Waals surface area (Å²) in [7, 11) is 1.85. The molecule has 0 saturated carbocycles. The topological polar surface area (TPSA) is 25.4 Å². The lowest BCUT2D eigenvalue weighted by Gasteiger charge is -2.24. The molecule has 0 radical (unpaired) electrons. The first kappa shape index (κ1) is 10.8. The van der Waals surface area contributed by atoms with Gasteiger partial charge in [-0.25, -0.2) is 9.37 Å². The lowest BCUT2D eigenvalue weighted by molar-refractivity contribution is 0.193. The van der Waals surface area contributed by atoms with Crippen LogP contribution in [0.4, 0.5) is 10.2 Å². The fraction of sp³-hybridized carbons (Fsp3) is 0.500. The smallest absolute Gasteiger partial charge is 0.166 e. The third kappa shape index (κ3) is 2.29. The number of rotatable bonds is 2. The first-order valence-electron chi connectivity index (χ1n) is 4.80. The molecule has 15 heavy (non-hydrogen) atoms. The molecule has 2 heterocycles. The fourth-order valence-corrected chi connectivity index (χ4v) is 1.97. The maximum Gasteiger partial charge on any atom is 0.166 e. The van der Waals surface area contributed by atoms with E-state index in [1.807, 2.05) is 11.9 Å². The van der Waals surface area contributed by atoms with Crippen LogP contribution in [0.5, 0.6) is 0 Å². The van der Waals surface area contributed by atoms with Crippen molar-refractivity contribution in [3.63, 3.8) is 0 Å².